The third-order valence-corrected chi connectivity index (χ3v) is 4.26. The maximum Gasteiger partial charge on any atom is 0.297 e. The molecule has 4 nitrogen and oxygen atoms in total. The average molecular weight is 358 g/mol. The molecule has 6 heteroatoms. The van der Waals surface area contributed by atoms with Gasteiger partial charge in [0.05, 0.1) is 10.7 Å². The smallest absolute Gasteiger partial charge is 0.297 e. The van der Waals surface area contributed by atoms with Crippen molar-refractivity contribution in [1.29, 1.82) is 0 Å². The fourth-order valence-corrected chi connectivity index (χ4v) is 2.69. The van der Waals surface area contributed by atoms with Crippen molar-refractivity contribution in [2.24, 2.45) is 0 Å². The Morgan fingerprint density at radius 3 is 2.72 bits per heavy atom. The van der Waals surface area contributed by atoms with Crippen LogP contribution in [0, 0.1) is 5.82 Å². The number of rotatable bonds is 5. The summed E-state index contributed by atoms with van der Waals surface area (Å²) in [6, 6.07) is 14.2. The normalized spacial score (nSPS) is 12.0. The molecular formula is C19H17ClFN3O. The minimum Gasteiger partial charge on any atom is -0.365 e. The molecule has 0 saturated carbocycles. The molecule has 0 aliphatic carbocycles. The quantitative estimate of drug-likeness (QED) is 0.743. The second-order valence-corrected chi connectivity index (χ2v) is 6.15. The third kappa shape index (κ3) is 3.88. The number of hydrogen-bond acceptors (Lipinski definition) is 3. The zero-order valence-electron chi connectivity index (χ0n) is 13.6. The zero-order chi connectivity index (χ0) is 17.8. The van der Waals surface area contributed by atoms with Crippen LogP contribution in [0.15, 0.2) is 65.7 Å². The standard InChI is InChI=1S/C19H17ClFN3O/c1-13(14-5-3-2-4-6-14)12-23-18-19(25)24(10-9-22-18)15-7-8-17(21)16(20)11-15/h2-11,13H,12H2,1H3,(H,22,23). The number of benzene rings is 2. The summed E-state index contributed by atoms with van der Waals surface area (Å²) in [4.78, 5) is 16.7. The van der Waals surface area contributed by atoms with Gasteiger partial charge >= 0.3 is 0 Å². The van der Waals surface area contributed by atoms with Crippen LogP contribution in [-0.4, -0.2) is 16.1 Å². The Morgan fingerprint density at radius 2 is 2.00 bits per heavy atom. The van der Waals surface area contributed by atoms with Gasteiger partial charge < -0.3 is 5.32 Å². The minimum atomic E-state index is -0.525. The molecule has 0 aliphatic rings. The van der Waals surface area contributed by atoms with Gasteiger partial charge in [0.25, 0.3) is 5.56 Å². The lowest BCUT2D eigenvalue weighted by Crippen LogP contribution is -2.24. The van der Waals surface area contributed by atoms with Crippen LogP contribution in [0.25, 0.3) is 5.69 Å². The lowest BCUT2D eigenvalue weighted by molar-refractivity contribution is 0.627. The van der Waals surface area contributed by atoms with E-state index in [1.54, 1.807) is 0 Å². The number of nitrogens with one attached hydrogen (secondary N) is 1. The first kappa shape index (κ1) is 17.2. The van der Waals surface area contributed by atoms with Crippen molar-refractivity contribution in [3.05, 3.63) is 87.7 Å². The molecule has 25 heavy (non-hydrogen) atoms. The maximum absolute atomic E-state index is 13.3. The molecule has 1 aromatic heterocycles. The molecule has 0 bridgehead atoms. The molecule has 128 valence electrons. The van der Waals surface area contributed by atoms with Crippen LogP contribution in [0.3, 0.4) is 0 Å². The molecule has 0 spiro atoms. The van der Waals surface area contributed by atoms with E-state index in [1.807, 2.05) is 30.3 Å². The molecule has 2 aromatic carbocycles. The summed E-state index contributed by atoms with van der Waals surface area (Å²) in [7, 11) is 0. The van der Waals surface area contributed by atoms with Crippen LogP contribution < -0.4 is 10.9 Å². The predicted molar refractivity (Wildman–Crippen MR) is 98.1 cm³/mol. The van der Waals surface area contributed by atoms with Gasteiger partial charge in [-0.2, -0.15) is 0 Å². The first-order valence-corrected chi connectivity index (χ1v) is 8.26. The largest absolute Gasteiger partial charge is 0.365 e. The number of hydrogen-bond donors (Lipinski definition) is 1. The Balaban J connectivity index is 1.82. The molecule has 0 radical (unpaired) electrons. The van der Waals surface area contributed by atoms with Gasteiger partial charge in [0, 0.05) is 18.9 Å². The first-order valence-electron chi connectivity index (χ1n) is 7.88. The molecule has 0 saturated heterocycles. The maximum atomic E-state index is 13.3. The summed E-state index contributed by atoms with van der Waals surface area (Å²) in [5.41, 5.74) is 1.35. The van der Waals surface area contributed by atoms with Gasteiger partial charge in [-0.05, 0) is 29.7 Å². The topological polar surface area (TPSA) is 46.9 Å². The molecule has 3 rings (SSSR count). The van der Waals surface area contributed by atoms with Crippen molar-refractivity contribution in [2.45, 2.75) is 12.8 Å². The SMILES string of the molecule is CC(CNc1nccn(-c2ccc(F)c(Cl)c2)c1=O)c1ccccc1. The third-order valence-electron chi connectivity index (χ3n) is 3.97. The number of anilines is 1. The molecule has 1 heterocycles. The van der Waals surface area contributed by atoms with Gasteiger partial charge in [-0.1, -0.05) is 48.9 Å². The summed E-state index contributed by atoms with van der Waals surface area (Å²) in [5, 5.41) is 3.06. The molecule has 0 fully saturated rings. The van der Waals surface area contributed by atoms with Crippen molar-refractivity contribution in [1.82, 2.24) is 9.55 Å². The van der Waals surface area contributed by atoms with Gasteiger partial charge in [-0.3, -0.25) is 9.36 Å². The molecule has 1 atom stereocenters. The Morgan fingerprint density at radius 1 is 1.24 bits per heavy atom. The minimum absolute atomic E-state index is 0.0339. The number of halogens is 2. The molecule has 0 aliphatic heterocycles. The van der Waals surface area contributed by atoms with Crippen molar-refractivity contribution in [3.8, 4) is 5.69 Å². The monoisotopic (exact) mass is 357 g/mol. The molecule has 1 unspecified atom stereocenters. The molecule has 3 aromatic rings. The molecular weight excluding hydrogens is 341 g/mol. The highest BCUT2D eigenvalue weighted by Crippen LogP contribution is 2.18. The van der Waals surface area contributed by atoms with Gasteiger partial charge in [0.2, 0.25) is 0 Å². The van der Waals surface area contributed by atoms with Gasteiger partial charge in [-0.25, -0.2) is 9.37 Å². The van der Waals surface area contributed by atoms with Crippen molar-refractivity contribution >= 4 is 17.4 Å². The van der Waals surface area contributed by atoms with E-state index in [4.69, 9.17) is 11.6 Å². The van der Waals surface area contributed by atoms with E-state index in [0.717, 1.165) is 0 Å². The summed E-state index contributed by atoms with van der Waals surface area (Å²) >= 11 is 5.80. The first-order chi connectivity index (χ1) is 12.1. The van der Waals surface area contributed by atoms with Crippen LogP contribution >= 0.6 is 11.6 Å². The van der Waals surface area contributed by atoms with Crippen LogP contribution in [0.4, 0.5) is 10.2 Å². The van der Waals surface area contributed by atoms with E-state index in [9.17, 15) is 9.18 Å². The van der Waals surface area contributed by atoms with E-state index >= 15 is 0 Å². The fourth-order valence-electron chi connectivity index (χ4n) is 2.52. The van der Waals surface area contributed by atoms with E-state index < -0.39 is 5.82 Å². The highest BCUT2D eigenvalue weighted by Gasteiger charge is 2.10. The second-order valence-electron chi connectivity index (χ2n) is 5.74. The second kappa shape index (κ2) is 7.49. The predicted octanol–water partition coefficient (Wildman–Crippen LogP) is 4.24. The number of aromatic nitrogens is 2. The van der Waals surface area contributed by atoms with Gasteiger partial charge in [-0.15, -0.1) is 0 Å². The lowest BCUT2D eigenvalue weighted by atomic mass is 10.0. The Kier molecular flexibility index (Phi) is 5.14. The Hall–Kier alpha value is -2.66. The Bertz CT molecular complexity index is 927. The van der Waals surface area contributed by atoms with Crippen molar-refractivity contribution in [3.63, 3.8) is 0 Å². The average Bonchev–Trinajstić information content (AvgIpc) is 2.64. The summed E-state index contributed by atoms with van der Waals surface area (Å²) in [6.45, 7) is 2.64. The summed E-state index contributed by atoms with van der Waals surface area (Å²) < 4.78 is 14.7. The molecule has 0 amide bonds. The van der Waals surface area contributed by atoms with E-state index in [-0.39, 0.29) is 22.3 Å². The lowest BCUT2D eigenvalue weighted by Gasteiger charge is -2.14. The van der Waals surface area contributed by atoms with Gasteiger partial charge in [0.1, 0.15) is 5.82 Å². The van der Waals surface area contributed by atoms with Crippen LogP contribution in [-0.2, 0) is 0 Å². The highest BCUT2D eigenvalue weighted by atomic mass is 35.5. The van der Waals surface area contributed by atoms with Crippen LogP contribution in [0.2, 0.25) is 5.02 Å². The Labute approximate surface area is 149 Å². The van der Waals surface area contributed by atoms with E-state index in [0.29, 0.717) is 12.2 Å². The summed E-state index contributed by atoms with van der Waals surface area (Å²) in [5.74, 6) is -0.0652. The fraction of sp³-hybridized carbons (Fsp3) is 0.158. The van der Waals surface area contributed by atoms with E-state index in [2.05, 4.69) is 17.2 Å². The summed E-state index contributed by atoms with van der Waals surface area (Å²) in [6.07, 6.45) is 3.05. The van der Waals surface area contributed by atoms with Crippen molar-refractivity contribution < 1.29 is 4.39 Å². The zero-order valence-corrected chi connectivity index (χ0v) is 14.4. The molecule has 1 N–H and O–H groups in total. The van der Waals surface area contributed by atoms with Crippen LogP contribution in [0.1, 0.15) is 18.4 Å². The van der Waals surface area contributed by atoms with Crippen molar-refractivity contribution in [2.75, 3.05) is 11.9 Å². The highest BCUT2D eigenvalue weighted by molar-refractivity contribution is 6.30. The number of nitrogens with zero attached hydrogens (tertiary/aromatic N) is 2. The van der Waals surface area contributed by atoms with Gasteiger partial charge in [0.15, 0.2) is 5.82 Å². The van der Waals surface area contributed by atoms with Crippen LogP contribution in [0.5, 0.6) is 0 Å². The van der Waals surface area contributed by atoms with E-state index in [1.165, 1.54) is 40.7 Å².